The number of ether oxygens (including phenoxy) is 2. The highest BCUT2D eigenvalue weighted by Crippen LogP contribution is 2.01. The second kappa shape index (κ2) is 10.4. The summed E-state index contributed by atoms with van der Waals surface area (Å²) in [5.41, 5.74) is 0. The summed E-state index contributed by atoms with van der Waals surface area (Å²) in [4.78, 5) is 0. The third-order valence-electron chi connectivity index (χ3n) is 2.12. The first-order chi connectivity index (χ1) is 7.20. The average molecular weight is 217 g/mol. The van der Waals surface area contributed by atoms with E-state index in [9.17, 15) is 0 Å². The van der Waals surface area contributed by atoms with E-state index in [4.69, 9.17) is 9.47 Å². The highest BCUT2D eigenvalue weighted by atomic mass is 16.5. The van der Waals surface area contributed by atoms with Crippen molar-refractivity contribution in [2.75, 3.05) is 26.3 Å². The Balaban J connectivity index is 3.47. The van der Waals surface area contributed by atoms with Crippen LogP contribution in [0.15, 0.2) is 0 Å². The predicted molar refractivity (Wildman–Crippen MR) is 64.3 cm³/mol. The van der Waals surface area contributed by atoms with E-state index in [1.54, 1.807) is 0 Å². The average Bonchev–Trinajstić information content (AvgIpc) is 2.20. The molecule has 0 bridgehead atoms. The molecule has 0 spiro atoms. The lowest BCUT2D eigenvalue weighted by Crippen LogP contribution is -2.30. The van der Waals surface area contributed by atoms with Gasteiger partial charge in [0.15, 0.2) is 0 Å². The van der Waals surface area contributed by atoms with Crippen molar-refractivity contribution in [3.05, 3.63) is 0 Å². The van der Waals surface area contributed by atoms with E-state index < -0.39 is 0 Å². The van der Waals surface area contributed by atoms with Gasteiger partial charge >= 0.3 is 0 Å². The number of likely N-dealkylation sites (N-methyl/N-ethyl adjacent to an activating group) is 1. The normalized spacial score (nSPS) is 13.4. The minimum absolute atomic E-state index is 0.298. The van der Waals surface area contributed by atoms with E-state index in [1.165, 1.54) is 6.42 Å². The van der Waals surface area contributed by atoms with E-state index in [0.717, 1.165) is 19.5 Å². The largest absolute Gasteiger partial charge is 0.376 e. The molecule has 0 saturated carbocycles. The van der Waals surface area contributed by atoms with Crippen molar-refractivity contribution in [2.45, 2.75) is 52.7 Å². The first-order valence-electron chi connectivity index (χ1n) is 6.14. The summed E-state index contributed by atoms with van der Waals surface area (Å²) in [6.07, 6.45) is 2.92. The molecule has 0 rings (SSSR count). The monoisotopic (exact) mass is 217 g/mol. The van der Waals surface area contributed by atoms with Crippen LogP contribution < -0.4 is 5.32 Å². The van der Waals surface area contributed by atoms with Crippen LogP contribution in [0.2, 0.25) is 0 Å². The summed E-state index contributed by atoms with van der Waals surface area (Å²) >= 11 is 0. The van der Waals surface area contributed by atoms with Gasteiger partial charge in [-0.25, -0.2) is 0 Å². The molecule has 0 radical (unpaired) electrons. The fourth-order valence-electron chi connectivity index (χ4n) is 1.37. The molecule has 15 heavy (non-hydrogen) atoms. The Morgan fingerprint density at radius 1 is 1.07 bits per heavy atom. The molecular weight excluding hydrogens is 190 g/mol. The van der Waals surface area contributed by atoms with Crippen molar-refractivity contribution in [3.8, 4) is 0 Å². The summed E-state index contributed by atoms with van der Waals surface area (Å²) in [5.74, 6) is 0. The van der Waals surface area contributed by atoms with Crippen LogP contribution in [0.4, 0.5) is 0 Å². The van der Waals surface area contributed by atoms with Crippen molar-refractivity contribution >= 4 is 0 Å². The van der Waals surface area contributed by atoms with Gasteiger partial charge in [-0.1, -0.05) is 20.3 Å². The molecule has 1 atom stereocenters. The second-order valence-electron chi connectivity index (χ2n) is 4.01. The van der Waals surface area contributed by atoms with Crippen LogP contribution in [0, 0.1) is 0 Å². The summed E-state index contributed by atoms with van der Waals surface area (Å²) in [5, 5.41) is 3.32. The highest BCUT2D eigenvalue weighted by Gasteiger charge is 2.06. The number of hydrogen-bond acceptors (Lipinski definition) is 3. The Kier molecular flexibility index (Phi) is 10.3. The van der Waals surface area contributed by atoms with Crippen LogP contribution in [-0.2, 0) is 9.47 Å². The third kappa shape index (κ3) is 10.2. The van der Waals surface area contributed by atoms with Gasteiger partial charge in [0.2, 0.25) is 0 Å². The summed E-state index contributed by atoms with van der Waals surface area (Å²) in [6, 6.07) is 0. The molecule has 0 aromatic rings. The fourth-order valence-corrected chi connectivity index (χ4v) is 1.37. The molecule has 0 heterocycles. The lowest BCUT2D eigenvalue weighted by atomic mass is 10.2. The molecule has 0 amide bonds. The van der Waals surface area contributed by atoms with Crippen molar-refractivity contribution in [2.24, 2.45) is 0 Å². The maximum absolute atomic E-state index is 5.75. The zero-order valence-corrected chi connectivity index (χ0v) is 10.7. The van der Waals surface area contributed by atoms with E-state index >= 15 is 0 Å². The zero-order valence-electron chi connectivity index (χ0n) is 10.7. The topological polar surface area (TPSA) is 30.5 Å². The second-order valence-corrected chi connectivity index (χ2v) is 4.01. The Morgan fingerprint density at radius 2 is 1.73 bits per heavy atom. The molecule has 0 fully saturated rings. The molecule has 1 unspecified atom stereocenters. The van der Waals surface area contributed by atoms with Crippen LogP contribution in [-0.4, -0.2) is 38.5 Å². The van der Waals surface area contributed by atoms with Crippen molar-refractivity contribution < 1.29 is 9.47 Å². The molecule has 0 aromatic carbocycles. The number of rotatable bonds is 10. The molecule has 0 aromatic heterocycles. The fraction of sp³-hybridized carbons (Fsp3) is 1.00. The molecule has 0 saturated heterocycles. The highest BCUT2D eigenvalue weighted by molar-refractivity contribution is 4.60. The first kappa shape index (κ1) is 14.9. The van der Waals surface area contributed by atoms with Gasteiger partial charge in [-0.15, -0.1) is 0 Å². The van der Waals surface area contributed by atoms with Gasteiger partial charge in [-0.3, -0.25) is 0 Å². The van der Waals surface area contributed by atoms with E-state index in [-0.39, 0.29) is 0 Å². The Hall–Kier alpha value is -0.120. The molecular formula is C12H27NO2. The minimum Gasteiger partial charge on any atom is -0.376 e. The molecule has 3 heteroatoms. The van der Waals surface area contributed by atoms with E-state index in [2.05, 4.69) is 19.2 Å². The van der Waals surface area contributed by atoms with Crippen molar-refractivity contribution in [3.63, 3.8) is 0 Å². The van der Waals surface area contributed by atoms with Gasteiger partial charge in [0.1, 0.15) is 0 Å². The maximum atomic E-state index is 5.75. The third-order valence-corrected chi connectivity index (χ3v) is 2.12. The molecule has 1 N–H and O–H groups in total. The summed E-state index contributed by atoms with van der Waals surface area (Å²) in [6.45, 7) is 11.7. The quantitative estimate of drug-likeness (QED) is 0.569. The van der Waals surface area contributed by atoms with Gasteiger partial charge in [0, 0.05) is 6.54 Å². The number of hydrogen-bond donors (Lipinski definition) is 1. The first-order valence-corrected chi connectivity index (χ1v) is 6.14. The smallest absolute Gasteiger partial charge is 0.0705 e. The van der Waals surface area contributed by atoms with Crippen LogP contribution in [0.5, 0.6) is 0 Å². The standard InChI is InChI=1S/C12H27NO2/c1-5-7-12(10-13-6-2)15-9-8-14-11(3)4/h11-13H,5-10H2,1-4H3. The SMILES string of the molecule is CCCC(CNCC)OCCOC(C)C. The lowest BCUT2D eigenvalue weighted by Gasteiger charge is -2.18. The maximum Gasteiger partial charge on any atom is 0.0705 e. The van der Waals surface area contributed by atoms with Crippen molar-refractivity contribution in [1.82, 2.24) is 5.32 Å². The Bertz CT molecular complexity index is 129. The van der Waals surface area contributed by atoms with E-state index in [0.29, 0.717) is 25.4 Å². The molecule has 3 nitrogen and oxygen atoms in total. The zero-order chi connectivity index (χ0) is 11.5. The molecule has 0 aliphatic carbocycles. The van der Waals surface area contributed by atoms with Crippen LogP contribution in [0.1, 0.15) is 40.5 Å². The Morgan fingerprint density at radius 3 is 2.27 bits per heavy atom. The lowest BCUT2D eigenvalue weighted by molar-refractivity contribution is -0.0145. The molecule has 0 aliphatic heterocycles. The van der Waals surface area contributed by atoms with E-state index in [1.807, 2.05) is 13.8 Å². The number of nitrogens with one attached hydrogen (secondary N) is 1. The molecule has 0 aliphatic rings. The summed E-state index contributed by atoms with van der Waals surface area (Å²) < 4.78 is 11.2. The predicted octanol–water partition coefficient (Wildman–Crippen LogP) is 2.21. The van der Waals surface area contributed by atoms with Gasteiger partial charge in [-0.05, 0) is 26.8 Å². The summed E-state index contributed by atoms with van der Waals surface area (Å²) in [7, 11) is 0. The minimum atomic E-state index is 0.298. The van der Waals surface area contributed by atoms with Crippen LogP contribution in [0.25, 0.3) is 0 Å². The molecule has 92 valence electrons. The van der Waals surface area contributed by atoms with Crippen LogP contribution in [0.3, 0.4) is 0 Å². The van der Waals surface area contributed by atoms with Gasteiger partial charge in [0.05, 0.1) is 25.4 Å². The van der Waals surface area contributed by atoms with Crippen LogP contribution >= 0.6 is 0 Å². The van der Waals surface area contributed by atoms with Gasteiger partial charge in [0.25, 0.3) is 0 Å². The van der Waals surface area contributed by atoms with Gasteiger partial charge < -0.3 is 14.8 Å². The van der Waals surface area contributed by atoms with Gasteiger partial charge in [-0.2, -0.15) is 0 Å². The Labute approximate surface area is 94.5 Å². The van der Waals surface area contributed by atoms with Crippen molar-refractivity contribution in [1.29, 1.82) is 0 Å².